The van der Waals surface area contributed by atoms with Gasteiger partial charge in [0.15, 0.2) is 0 Å². The number of nitrogens with zero attached hydrogens (tertiary/aromatic N) is 6. The van der Waals surface area contributed by atoms with Gasteiger partial charge in [0.05, 0.1) is 12.4 Å². The van der Waals surface area contributed by atoms with Gasteiger partial charge in [0, 0.05) is 37.0 Å². The lowest BCUT2D eigenvalue weighted by Gasteiger charge is -2.31. The van der Waals surface area contributed by atoms with E-state index in [0.717, 1.165) is 36.7 Å². The van der Waals surface area contributed by atoms with Gasteiger partial charge >= 0.3 is 0 Å². The molecular weight excluding hydrogens is 425 g/mol. The van der Waals surface area contributed by atoms with E-state index >= 15 is 0 Å². The summed E-state index contributed by atoms with van der Waals surface area (Å²) in [6.45, 7) is 4.30. The number of piperidine rings is 1. The van der Waals surface area contributed by atoms with Crippen molar-refractivity contribution in [1.82, 2.24) is 30.3 Å². The Kier molecular flexibility index (Phi) is 6.80. The van der Waals surface area contributed by atoms with E-state index in [1.165, 1.54) is 13.0 Å². The number of hydrogen-bond acceptors (Lipinski definition) is 7. The first kappa shape index (κ1) is 22.3. The molecular formula is C20H25Cl2N7O. The number of hydrogen-bond donors (Lipinski definition) is 2. The van der Waals surface area contributed by atoms with Crippen LogP contribution >= 0.6 is 24.8 Å². The normalized spacial score (nSPS) is 20.9. The summed E-state index contributed by atoms with van der Waals surface area (Å²) < 4.78 is 0. The van der Waals surface area contributed by atoms with E-state index in [2.05, 4.69) is 42.2 Å². The van der Waals surface area contributed by atoms with Crippen LogP contribution in [0.3, 0.4) is 0 Å². The van der Waals surface area contributed by atoms with Gasteiger partial charge in [-0.3, -0.25) is 5.10 Å². The fourth-order valence-corrected chi connectivity index (χ4v) is 4.39. The first-order chi connectivity index (χ1) is 13.7. The zero-order valence-electron chi connectivity index (χ0n) is 16.6. The third-order valence-corrected chi connectivity index (χ3v) is 5.94. The Morgan fingerprint density at radius 2 is 1.87 bits per heavy atom. The Labute approximate surface area is 187 Å². The molecule has 2 fully saturated rings. The second kappa shape index (κ2) is 9.16. The predicted molar refractivity (Wildman–Crippen MR) is 120 cm³/mol. The number of halogens is 2. The van der Waals surface area contributed by atoms with E-state index in [-0.39, 0.29) is 30.6 Å². The molecule has 2 unspecified atom stereocenters. The van der Waals surface area contributed by atoms with E-state index in [9.17, 15) is 5.11 Å². The number of phenolic OH excluding ortho intramolecular Hbond substituents is 1. The molecule has 2 saturated heterocycles. The van der Waals surface area contributed by atoms with Gasteiger partial charge in [-0.2, -0.15) is 5.10 Å². The maximum Gasteiger partial charge on any atom is 0.245 e. The molecule has 0 amide bonds. The zero-order chi connectivity index (χ0) is 19.1. The van der Waals surface area contributed by atoms with Crippen LogP contribution in [0.5, 0.6) is 5.75 Å². The molecule has 0 saturated carbocycles. The van der Waals surface area contributed by atoms with Crippen LogP contribution < -0.4 is 4.90 Å². The fourth-order valence-electron chi connectivity index (χ4n) is 4.39. The highest BCUT2D eigenvalue weighted by molar-refractivity contribution is 5.85. The van der Waals surface area contributed by atoms with Crippen LogP contribution in [0.25, 0.3) is 22.4 Å². The van der Waals surface area contributed by atoms with Gasteiger partial charge < -0.3 is 14.9 Å². The number of phenols is 1. The molecule has 2 atom stereocenters. The number of aromatic hydroxyl groups is 1. The van der Waals surface area contributed by atoms with Crippen molar-refractivity contribution in [2.24, 2.45) is 11.8 Å². The van der Waals surface area contributed by atoms with Crippen molar-refractivity contribution >= 4 is 30.8 Å². The van der Waals surface area contributed by atoms with Gasteiger partial charge in [-0.1, -0.05) is 6.07 Å². The number of H-pyrrole nitrogens is 1. The second-order valence-corrected chi connectivity index (χ2v) is 7.84. The third kappa shape index (κ3) is 4.21. The Morgan fingerprint density at radius 1 is 1.03 bits per heavy atom. The smallest absolute Gasteiger partial charge is 0.245 e. The Morgan fingerprint density at radius 3 is 2.57 bits per heavy atom. The average molecular weight is 450 g/mol. The van der Waals surface area contributed by atoms with Crippen molar-refractivity contribution < 1.29 is 5.11 Å². The minimum atomic E-state index is 0. The SMILES string of the molecule is CN1CCC2CN(c3ncc(-c4ccc(-c5cn[nH]c5)cc4O)nn3)CC2C1.Cl.Cl. The monoisotopic (exact) mass is 449 g/mol. The molecule has 160 valence electrons. The number of rotatable bonds is 3. The summed E-state index contributed by atoms with van der Waals surface area (Å²) in [7, 11) is 2.19. The van der Waals surface area contributed by atoms with E-state index in [4.69, 9.17) is 0 Å². The summed E-state index contributed by atoms with van der Waals surface area (Å²) >= 11 is 0. The lowest BCUT2D eigenvalue weighted by Crippen LogP contribution is -2.37. The predicted octanol–water partition coefficient (Wildman–Crippen LogP) is 2.87. The Hall–Kier alpha value is -2.42. The number of fused-ring (bicyclic) bond motifs is 1. The summed E-state index contributed by atoms with van der Waals surface area (Å²) in [6, 6.07) is 5.47. The number of aromatic amines is 1. The number of nitrogens with one attached hydrogen (secondary N) is 1. The van der Waals surface area contributed by atoms with Gasteiger partial charge in [-0.05, 0) is 49.5 Å². The zero-order valence-corrected chi connectivity index (χ0v) is 18.2. The number of benzene rings is 1. The average Bonchev–Trinajstić information content (AvgIpc) is 3.38. The van der Waals surface area contributed by atoms with Gasteiger partial charge in [0.1, 0.15) is 11.4 Å². The van der Waals surface area contributed by atoms with Gasteiger partial charge in [-0.15, -0.1) is 35.0 Å². The maximum absolute atomic E-state index is 10.4. The van der Waals surface area contributed by atoms with Crippen LogP contribution in [-0.2, 0) is 0 Å². The number of aromatic nitrogens is 5. The summed E-state index contributed by atoms with van der Waals surface area (Å²) in [5.41, 5.74) is 2.99. The lowest BCUT2D eigenvalue weighted by molar-refractivity contribution is 0.178. The molecule has 30 heavy (non-hydrogen) atoms. The standard InChI is InChI=1S/C20H23N7O.2ClH/c1-26-5-4-14-11-27(12-16(14)10-26)20-21-9-18(24-25-20)17-3-2-13(6-19(17)28)15-7-22-23-8-15;;/h2-3,6-9,14,16,28H,4-5,10-12H2,1H3,(H,22,23);2*1H. The van der Waals surface area contributed by atoms with Crippen LogP contribution in [0.2, 0.25) is 0 Å². The highest BCUT2D eigenvalue weighted by Gasteiger charge is 2.37. The quantitative estimate of drug-likeness (QED) is 0.634. The molecule has 10 heteroatoms. The number of anilines is 1. The van der Waals surface area contributed by atoms with Crippen LogP contribution in [-0.4, -0.2) is 68.6 Å². The molecule has 2 aliphatic heterocycles. The van der Waals surface area contributed by atoms with Crippen LogP contribution in [0, 0.1) is 11.8 Å². The van der Waals surface area contributed by atoms with Crippen molar-refractivity contribution in [1.29, 1.82) is 0 Å². The fraction of sp³-hybridized carbons (Fsp3) is 0.400. The Bertz CT molecular complexity index is 968. The molecule has 1 aromatic carbocycles. The molecule has 2 N–H and O–H groups in total. The lowest BCUT2D eigenvalue weighted by atomic mass is 9.89. The highest BCUT2D eigenvalue weighted by atomic mass is 35.5. The van der Waals surface area contributed by atoms with Gasteiger partial charge in [-0.25, -0.2) is 4.98 Å². The van der Waals surface area contributed by atoms with Crippen molar-refractivity contribution in [3.05, 3.63) is 36.8 Å². The maximum atomic E-state index is 10.4. The van der Waals surface area contributed by atoms with Crippen molar-refractivity contribution in [2.45, 2.75) is 6.42 Å². The van der Waals surface area contributed by atoms with Crippen molar-refractivity contribution in [3.8, 4) is 28.1 Å². The molecule has 0 radical (unpaired) electrons. The number of likely N-dealkylation sites (tertiary alicyclic amines) is 1. The molecule has 8 nitrogen and oxygen atoms in total. The molecule has 3 aromatic rings. The molecule has 2 aromatic heterocycles. The highest BCUT2D eigenvalue weighted by Crippen LogP contribution is 2.34. The molecule has 2 aliphatic rings. The molecule has 0 aliphatic carbocycles. The summed E-state index contributed by atoms with van der Waals surface area (Å²) in [6.07, 6.45) is 6.44. The van der Waals surface area contributed by atoms with Crippen molar-refractivity contribution in [2.75, 3.05) is 38.1 Å². The van der Waals surface area contributed by atoms with E-state index < -0.39 is 0 Å². The minimum absolute atomic E-state index is 0. The second-order valence-electron chi connectivity index (χ2n) is 7.84. The molecule has 0 spiro atoms. The van der Waals surface area contributed by atoms with E-state index in [1.807, 2.05) is 12.1 Å². The minimum Gasteiger partial charge on any atom is -0.507 e. The Balaban J connectivity index is 0.00000128. The summed E-state index contributed by atoms with van der Waals surface area (Å²) in [4.78, 5) is 9.19. The largest absolute Gasteiger partial charge is 0.507 e. The summed E-state index contributed by atoms with van der Waals surface area (Å²) in [5, 5.41) is 25.9. The van der Waals surface area contributed by atoms with Gasteiger partial charge in [0.2, 0.25) is 5.95 Å². The molecule has 4 heterocycles. The van der Waals surface area contributed by atoms with E-state index in [1.54, 1.807) is 24.7 Å². The first-order valence-corrected chi connectivity index (χ1v) is 9.63. The van der Waals surface area contributed by atoms with Crippen molar-refractivity contribution in [3.63, 3.8) is 0 Å². The third-order valence-electron chi connectivity index (χ3n) is 5.94. The first-order valence-electron chi connectivity index (χ1n) is 9.63. The molecule has 5 rings (SSSR count). The summed E-state index contributed by atoms with van der Waals surface area (Å²) in [5.74, 6) is 2.23. The van der Waals surface area contributed by atoms with E-state index in [0.29, 0.717) is 23.1 Å². The topological polar surface area (TPSA) is 94.1 Å². The molecule has 0 bridgehead atoms. The van der Waals surface area contributed by atoms with Gasteiger partial charge in [0.25, 0.3) is 0 Å². The van der Waals surface area contributed by atoms with Crippen LogP contribution in [0.1, 0.15) is 6.42 Å². The van der Waals surface area contributed by atoms with Crippen LogP contribution in [0.4, 0.5) is 5.95 Å². The van der Waals surface area contributed by atoms with Crippen LogP contribution in [0.15, 0.2) is 36.8 Å².